The third-order valence-electron chi connectivity index (χ3n) is 6.51. The summed E-state index contributed by atoms with van der Waals surface area (Å²) in [5.41, 5.74) is 1.19. The fourth-order valence-electron chi connectivity index (χ4n) is 5.03. The number of ether oxygens (including phenoxy) is 2. The highest BCUT2D eigenvalue weighted by Gasteiger charge is 2.42. The summed E-state index contributed by atoms with van der Waals surface area (Å²) in [7, 11) is 3.52. The minimum Gasteiger partial charge on any atom is -0.481 e. The second-order valence-electron chi connectivity index (χ2n) is 8.42. The van der Waals surface area contributed by atoms with Crippen molar-refractivity contribution in [2.45, 2.75) is 19.3 Å². The molecule has 1 saturated carbocycles. The molecule has 2 unspecified atom stereocenters. The molecule has 3 heterocycles. The predicted molar refractivity (Wildman–Crippen MR) is 119 cm³/mol. The molecule has 2 aromatic heterocycles. The number of halogens is 1. The van der Waals surface area contributed by atoms with Crippen molar-refractivity contribution in [3.63, 3.8) is 0 Å². The van der Waals surface area contributed by atoms with Crippen molar-refractivity contribution in [1.29, 1.82) is 0 Å². The van der Waals surface area contributed by atoms with Crippen molar-refractivity contribution in [3.05, 3.63) is 53.4 Å². The molecule has 1 aliphatic heterocycles. The first kappa shape index (κ1) is 20.1. The second kappa shape index (κ2) is 8.38. The summed E-state index contributed by atoms with van der Waals surface area (Å²) in [5.74, 6) is 4.05. The van der Waals surface area contributed by atoms with Gasteiger partial charge < -0.3 is 14.4 Å². The van der Waals surface area contributed by atoms with Gasteiger partial charge in [-0.3, -0.25) is 0 Å². The van der Waals surface area contributed by atoms with Gasteiger partial charge in [0.05, 0.1) is 7.11 Å². The largest absolute Gasteiger partial charge is 0.481 e. The highest BCUT2D eigenvalue weighted by molar-refractivity contribution is 6.30. The molecular formula is C23H26ClN5O2. The number of hydrogen-bond donors (Lipinski definition) is 0. The van der Waals surface area contributed by atoms with E-state index < -0.39 is 0 Å². The Morgan fingerprint density at radius 1 is 1.13 bits per heavy atom. The fraction of sp³-hybridized carbons (Fsp3) is 0.435. The third-order valence-corrected chi connectivity index (χ3v) is 6.75. The lowest BCUT2D eigenvalue weighted by atomic mass is 9.82. The van der Waals surface area contributed by atoms with Crippen LogP contribution in [-0.2, 0) is 13.5 Å². The minimum atomic E-state index is 0.492. The molecule has 3 aromatic rings. The van der Waals surface area contributed by atoms with Gasteiger partial charge in [-0.1, -0.05) is 17.7 Å². The number of piperidine rings is 1. The number of aromatic nitrogens is 4. The van der Waals surface area contributed by atoms with Crippen LogP contribution in [0.15, 0.2) is 42.6 Å². The monoisotopic (exact) mass is 439 g/mol. The summed E-state index contributed by atoms with van der Waals surface area (Å²) < 4.78 is 12.9. The molecule has 7 nitrogen and oxygen atoms in total. The number of pyridine rings is 1. The zero-order chi connectivity index (χ0) is 21.4. The molecule has 8 heteroatoms. The maximum Gasteiger partial charge on any atom is 0.320 e. The summed E-state index contributed by atoms with van der Waals surface area (Å²) >= 11 is 6.06. The quantitative estimate of drug-likeness (QED) is 0.568. The standard InChI is InChI=1S/C23H26ClN5O2/c1-28-23(31-19-5-3-4-17(24)10-19)26-21(27-28)12-20-15-6-7-16(20)14-29(13-15)18-8-9-25-22(11-18)30-2/h3-5,8-11,15-16,20H,6-7,12-14H2,1-2H3. The first-order valence-corrected chi connectivity index (χ1v) is 11.0. The molecule has 1 aliphatic carbocycles. The zero-order valence-corrected chi connectivity index (χ0v) is 18.5. The minimum absolute atomic E-state index is 0.492. The van der Waals surface area contributed by atoms with Gasteiger partial charge in [-0.05, 0) is 54.9 Å². The van der Waals surface area contributed by atoms with Crippen LogP contribution in [0.1, 0.15) is 18.7 Å². The van der Waals surface area contributed by atoms with Crippen LogP contribution in [0, 0.1) is 17.8 Å². The Kier molecular flexibility index (Phi) is 5.44. The van der Waals surface area contributed by atoms with Crippen LogP contribution < -0.4 is 14.4 Å². The van der Waals surface area contributed by atoms with Crippen molar-refractivity contribution in [3.8, 4) is 17.6 Å². The van der Waals surface area contributed by atoms with Crippen molar-refractivity contribution in [2.75, 3.05) is 25.1 Å². The lowest BCUT2D eigenvalue weighted by molar-refractivity contribution is 0.265. The molecule has 2 bridgehead atoms. The highest BCUT2D eigenvalue weighted by Crippen LogP contribution is 2.44. The van der Waals surface area contributed by atoms with Crippen molar-refractivity contribution >= 4 is 17.3 Å². The Hall–Kier alpha value is -2.80. The lowest BCUT2D eigenvalue weighted by Crippen LogP contribution is -2.42. The van der Waals surface area contributed by atoms with E-state index in [2.05, 4.69) is 26.0 Å². The van der Waals surface area contributed by atoms with E-state index in [0.717, 1.165) is 25.3 Å². The molecule has 0 amide bonds. The van der Waals surface area contributed by atoms with Crippen molar-refractivity contribution in [2.24, 2.45) is 24.8 Å². The smallest absolute Gasteiger partial charge is 0.320 e. The number of aryl methyl sites for hydroxylation is 1. The van der Waals surface area contributed by atoms with Gasteiger partial charge >= 0.3 is 6.01 Å². The second-order valence-corrected chi connectivity index (χ2v) is 8.86. The average Bonchev–Trinajstić information content (AvgIpc) is 3.21. The fourth-order valence-corrected chi connectivity index (χ4v) is 5.21. The van der Waals surface area contributed by atoms with E-state index in [1.165, 1.54) is 18.5 Å². The average molecular weight is 440 g/mol. The van der Waals surface area contributed by atoms with Gasteiger partial charge in [-0.15, -0.1) is 0 Å². The Bertz CT molecular complexity index is 1060. The number of fused-ring (bicyclic) bond motifs is 2. The Morgan fingerprint density at radius 3 is 2.68 bits per heavy atom. The molecule has 2 aliphatic rings. The van der Waals surface area contributed by atoms with E-state index in [1.807, 2.05) is 37.5 Å². The maximum absolute atomic E-state index is 6.06. The van der Waals surface area contributed by atoms with E-state index in [1.54, 1.807) is 17.9 Å². The third kappa shape index (κ3) is 4.19. The van der Waals surface area contributed by atoms with Crippen LogP contribution in [0.5, 0.6) is 17.6 Å². The van der Waals surface area contributed by atoms with Crippen LogP contribution in [-0.4, -0.2) is 39.9 Å². The zero-order valence-electron chi connectivity index (χ0n) is 17.7. The Balaban J connectivity index is 1.27. The lowest BCUT2D eigenvalue weighted by Gasteiger charge is -2.39. The molecular weight excluding hydrogens is 414 g/mol. The normalized spacial score (nSPS) is 22.5. The molecule has 0 radical (unpaired) electrons. The van der Waals surface area contributed by atoms with Gasteiger partial charge in [0.15, 0.2) is 5.82 Å². The van der Waals surface area contributed by atoms with E-state index in [4.69, 9.17) is 21.1 Å². The molecule has 31 heavy (non-hydrogen) atoms. The summed E-state index contributed by atoms with van der Waals surface area (Å²) in [6.07, 6.45) is 5.22. The SMILES string of the molecule is COc1cc(N2CC3CCC(C2)C3Cc2nc(Oc3cccc(Cl)c3)n(C)n2)ccn1. The number of hydrogen-bond acceptors (Lipinski definition) is 6. The molecule has 1 aromatic carbocycles. The van der Waals surface area contributed by atoms with Crippen molar-refractivity contribution in [1.82, 2.24) is 19.7 Å². The molecule has 1 saturated heterocycles. The van der Waals surface area contributed by atoms with Crippen LogP contribution >= 0.6 is 11.6 Å². The maximum atomic E-state index is 6.06. The van der Waals surface area contributed by atoms with Crippen LogP contribution in [0.4, 0.5) is 5.69 Å². The summed E-state index contributed by atoms with van der Waals surface area (Å²) in [6.45, 7) is 2.10. The van der Waals surface area contributed by atoms with Crippen LogP contribution in [0.25, 0.3) is 0 Å². The summed E-state index contributed by atoms with van der Waals surface area (Å²) in [5, 5.41) is 5.26. The molecule has 5 rings (SSSR count). The Morgan fingerprint density at radius 2 is 1.94 bits per heavy atom. The number of nitrogens with zero attached hydrogens (tertiary/aromatic N) is 5. The number of benzene rings is 1. The number of anilines is 1. The first-order chi connectivity index (χ1) is 15.1. The number of rotatable bonds is 6. The van der Waals surface area contributed by atoms with E-state index in [9.17, 15) is 0 Å². The first-order valence-electron chi connectivity index (χ1n) is 10.7. The van der Waals surface area contributed by atoms with Crippen molar-refractivity contribution < 1.29 is 9.47 Å². The van der Waals surface area contributed by atoms with Gasteiger partial charge in [-0.25, -0.2) is 9.67 Å². The Labute approximate surface area is 187 Å². The van der Waals surface area contributed by atoms with Gasteiger partial charge in [0.2, 0.25) is 5.88 Å². The highest BCUT2D eigenvalue weighted by atomic mass is 35.5. The van der Waals surface area contributed by atoms with E-state index in [0.29, 0.717) is 40.4 Å². The predicted octanol–water partition coefficient (Wildman–Crippen LogP) is 4.37. The summed E-state index contributed by atoms with van der Waals surface area (Å²) in [6, 6.07) is 11.9. The van der Waals surface area contributed by atoms with Crippen LogP contribution in [0.3, 0.4) is 0 Å². The van der Waals surface area contributed by atoms with E-state index >= 15 is 0 Å². The number of methoxy groups -OCH3 is 1. The van der Waals surface area contributed by atoms with E-state index in [-0.39, 0.29) is 0 Å². The summed E-state index contributed by atoms with van der Waals surface area (Å²) in [4.78, 5) is 11.4. The molecule has 2 fully saturated rings. The van der Waals surface area contributed by atoms with Gasteiger partial charge in [0.25, 0.3) is 0 Å². The van der Waals surface area contributed by atoms with Gasteiger partial charge in [0, 0.05) is 49.5 Å². The van der Waals surface area contributed by atoms with Crippen LogP contribution in [0.2, 0.25) is 5.02 Å². The molecule has 0 spiro atoms. The molecule has 0 N–H and O–H groups in total. The molecule has 2 atom stereocenters. The molecule has 162 valence electrons. The van der Waals surface area contributed by atoms with Gasteiger partial charge in [-0.2, -0.15) is 10.1 Å². The topological polar surface area (TPSA) is 65.3 Å². The van der Waals surface area contributed by atoms with Gasteiger partial charge in [0.1, 0.15) is 5.75 Å².